The zero-order valence-corrected chi connectivity index (χ0v) is 21.6. The fourth-order valence-electron chi connectivity index (χ4n) is 3.69. The second-order valence-electron chi connectivity index (χ2n) is 8.18. The molecule has 13 heteroatoms. The summed E-state index contributed by atoms with van der Waals surface area (Å²) >= 11 is 0. The Balaban J connectivity index is 1.70. The van der Waals surface area contributed by atoms with Gasteiger partial charge >= 0.3 is 11.9 Å². The summed E-state index contributed by atoms with van der Waals surface area (Å²) in [6, 6.07) is 5.92. The van der Waals surface area contributed by atoms with Crippen LogP contribution in [0.4, 0.5) is 17.5 Å². The van der Waals surface area contributed by atoms with Gasteiger partial charge in [-0.2, -0.15) is 9.97 Å². The number of amides is 1. The fourth-order valence-corrected chi connectivity index (χ4v) is 3.69. The quantitative estimate of drug-likeness (QED) is 0.291. The molecule has 0 fully saturated rings. The SMILES string of the molecule is CCOC(=O)CCC(NC(=O)c1ccc(N(CC)Cc2cnc3nc(N)nc(N)c3n2)cc1)C(=O)OCC. The van der Waals surface area contributed by atoms with Crippen molar-refractivity contribution in [2.24, 2.45) is 0 Å². The number of nitrogen functional groups attached to an aromatic ring is 2. The van der Waals surface area contributed by atoms with Gasteiger partial charge in [0.15, 0.2) is 17.0 Å². The van der Waals surface area contributed by atoms with Crippen molar-refractivity contribution >= 4 is 46.5 Å². The number of aromatic nitrogens is 4. The molecule has 13 nitrogen and oxygen atoms in total. The van der Waals surface area contributed by atoms with E-state index in [1.165, 1.54) is 0 Å². The van der Waals surface area contributed by atoms with E-state index in [4.69, 9.17) is 20.9 Å². The topological polar surface area (TPSA) is 189 Å². The number of nitrogens with zero attached hydrogens (tertiary/aromatic N) is 5. The molecule has 3 rings (SSSR count). The highest BCUT2D eigenvalue weighted by Gasteiger charge is 2.24. The van der Waals surface area contributed by atoms with Crippen molar-refractivity contribution in [3.8, 4) is 0 Å². The summed E-state index contributed by atoms with van der Waals surface area (Å²) in [5.74, 6) is -1.33. The first-order valence-corrected chi connectivity index (χ1v) is 12.3. The Hall–Kier alpha value is -4.55. The van der Waals surface area contributed by atoms with Crippen LogP contribution in [-0.4, -0.2) is 63.6 Å². The Bertz CT molecular complexity index is 1280. The molecular formula is C25H32N8O5. The number of fused-ring (bicyclic) bond motifs is 1. The van der Waals surface area contributed by atoms with E-state index >= 15 is 0 Å². The number of hydrogen-bond acceptors (Lipinski definition) is 12. The van der Waals surface area contributed by atoms with Crippen LogP contribution >= 0.6 is 0 Å². The predicted octanol–water partition coefficient (Wildman–Crippen LogP) is 1.62. The largest absolute Gasteiger partial charge is 0.466 e. The average molecular weight is 525 g/mol. The number of benzene rings is 1. The molecule has 0 aliphatic rings. The highest BCUT2D eigenvalue weighted by molar-refractivity contribution is 5.97. The minimum absolute atomic E-state index is 0.0230. The van der Waals surface area contributed by atoms with E-state index in [0.717, 1.165) is 5.69 Å². The van der Waals surface area contributed by atoms with Gasteiger partial charge in [0.2, 0.25) is 5.95 Å². The summed E-state index contributed by atoms with van der Waals surface area (Å²) in [5.41, 5.74) is 14.1. The van der Waals surface area contributed by atoms with Crippen LogP contribution in [0.3, 0.4) is 0 Å². The molecule has 2 heterocycles. The van der Waals surface area contributed by atoms with E-state index in [1.807, 2.05) is 11.8 Å². The van der Waals surface area contributed by atoms with E-state index in [1.54, 1.807) is 44.3 Å². The smallest absolute Gasteiger partial charge is 0.328 e. The summed E-state index contributed by atoms with van der Waals surface area (Å²) in [6.45, 7) is 6.82. The lowest BCUT2D eigenvalue weighted by Gasteiger charge is -2.23. The Kier molecular flexibility index (Phi) is 9.68. The maximum Gasteiger partial charge on any atom is 0.328 e. The molecule has 3 aromatic rings. The molecule has 1 amide bonds. The lowest BCUT2D eigenvalue weighted by atomic mass is 10.1. The van der Waals surface area contributed by atoms with Crippen molar-refractivity contribution in [3.05, 3.63) is 41.7 Å². The van der Waals surface area contributed by atoms with Crippen molar-refractivity contribution in [1.29, 1.82) is 0 Å². The lowest BCUT2D eigenvalue weighted by Crippen LogP contribution is -2.42. The van der Waals surface area contributed by atoms with Gasteiger partial charge in [-0.05, 0) is 51.5 Å². The third kappa shape index (κ3) is 7.24. The minimum Gasteiger partial charge on any atom is -0.466 e. The molecule has 2 aromatic heterocycles. The molecule has 0 saturated carbocycles. The number of nitrogens with one attached hydrogen (secondary N) is 1. The van der Waals surface area contributed by atoms with Gasteiger partial charge in [-0.25, -0.2) is 14.8 Å². The summed E-state index contributed by atoms with van der Waals surface area (Å²) in [4.78, 5) is 55.7. The van der Waals surface area contributed by atoms with E-state index in [9.17, 15) is 14.4 Å². The first kappa shape index (κ1) is 28.0. The number of esters is 2. The van der Waals surface area contributed by atoms with Crippen molar-refractivity contribution in [2.75, 3.05) is 36.1 Å². The van der Waals surface area contributed by atoms with Crippen LogP contribution < -0.4 is 21.7 Å². The minimum atomic E-state index is -0.975. The molecule has 0 radical (unpaired) electrons. The molecule has 5 N–H and O–H groups in total. The molecule has 38 heavy (non-hydrogen) atoms. The number of hydrogen-bond donors (Lipinski definition) is 3. The van der Waals surface area contributed by atoms with Crippen molar-refractivity contribution in [1.82, 2.24) is 25.3 Å². The van der Waals surface area contributed by atoms with Crippen LogP contribution in [0, 0.1) is 0 Å². The van der Waals surface area contributed by atoms with Gasteiger partial charge in [-0.1, -0.05) is 0 Å². The van der Waals surface area contributed by atoms with Crippen molar-refractivity contribution in [3.63, 3.8) is 0 Å². The first-order valence-electron chi connectivity index (χ1n) is 12.3. The molecule has 202 valence electrons. The van der Waals surface area contributed by atoms with E-state index in [2.05, 4.69) is 25.3 Å². The van der Waals surface area contributed by atoms with Gasteiger partial charge in [-0.15, -0.1) is 0 Å². The monoisotopic (exact) mass is 524 g/mol. The van der Waals surface area contributed by atoms with E-state index in [-0.39, 0.29) is 37.8 Å². The lowest BCUT2D eigenvalue weighted by molar-refractivity contribution is -0.146. The molecule has 1 atom stereocenters. The fraction of sp³-hybridized carbons (Fsp3) is 0.400. The van der Waals surface area contributed by atoms with Crippen LogP contribution in [0.5, 0.6) is 0 Å². The Labute approximate surface area is 219 Å². The van der Waals surface area contributed by atoms with Crippen LogP contribution in [0.15, 0.2) is 30.5 Å². The molecular weight excluding hydrogens is 492 g/mol. The zero-order chi connectivity index (χ0) is 27.7. The molecule has 1 unspecified atom stereocenters. The Morgan fingerprint density at radius 2 is 1.71 bits per heavy atom. The standard InChI is InChI=1S/C25H32N8O5/c1-4-33(14-16-13-28-22-20(29-16)21(26)31-25(27)32-22)17-9-7-15(8-10-17)23(35)30-18(24(36)38-6-3)11-12-19(34)37-5-2/h7-10,13,18H,4-6,11-12,14H2,1-3H3,(H,30,35)(H4,26,27,28,31,32). The highest BCUT2D eigenvalue weighted by atomic mass is 16.5. The highest BCUT2D eigenvalue weighted by Crippen LogP contribution is 2.20. The number of rotatable bonds is 12. The van der Waals surface area contributed by atoms with Gasteiger partial charge in [0.25, 0.3) is 5.91 Å². The second kappa shape index (κ2) is 13.1. The first-order chi connectivity index (χ1) is 18.2. The van der Waals surface area contributed by atoms with Crippen LogP contribution in [-0.2, 0) is 25.6 Å². The maximum absolute atomic E-state index is 12.9. The summed E-state index contributed by atoms with van der Waals surface area (Å²) in [6.07, 6.45) is 1.65. The number of carbonyl (C=O) groups excluding carboxylic acids is 3. The second-order valence-corrected chi connectivity index (χ2v) is 8.18. The number of anilines is 3. The molecule has 1 aromatic carbocycles. The third-order valence-electron chi connectivity index (χ3n) is 5.55. The van der Waals surface area contributed by atoms with Gasteiger partial charge in [-0.3, -0.25) is 9.59 Å². The summed E-state index contributed by atoms with van der Waals surface area (Å²) in [5, 5.41) is 2.66. The van der Waals surface area contributed by atoms with Gasteiger partial charge < -0.3 is 31.2 Å². The van der Waals surface area contributed by atoms with Gasteiger partial charge in [0, 0.05) is 24.2 Å². The molecule has 0 aliphatic heterocycles. The predicted molar refractivity (Wildman–Crippen MR) is 141 cm³/mol. The Morgan fingerprint density at radius 3 is 2.37 bits per heavy atom. The van der Waals surface area contributed by atoms with Gasteiger partial charge in [0.1, 0.15) is 6.04 Å². The van der Waals surface area contributed by atoms with Crippen LogP contribution in [0.2, 0.25) is 0 Å². The van der Waals surface area contributed by atoms with E-state index in [0.29, 0.717) is 35.5 Å². The van der Waals surface area contributed by atoms with Crippen LogP contribution in [0.25, 0.3) is 11.2 Å². The molecule has 0 aliphatic carbocycles. The summed E-state index contributed by atoms with van der Waals surface area (Å²) < 4.78 is 9.96. The molecule has 0 bridgehead atoms. The molecule has 0 spiro atoms. The maximum atomic E-state index is 12.9. The van der Waals surface area contributed by atoms with Crippen molar-refractivity contribution in [2.45, 2.75) is 46.2 Å². The van der Waals surface area contributed by atoms with Crippen LogP contribution in [0.1, 0.15) is 49.7 Å². The normalized spacial score (nSPS) is 11.6. The van der Waals surface area contributed by atoms with Crippen molar-refractivity contribution < 1.29 is 23.9 Å². The van der Waals surface area contributed by atoms with E-state index < -0.39 is 23.9 Å². The Morgan fingerprint density at radius 1 is 1.00 bits per heavy atom. The third-order valence-corrected chi connectivity index (χ3v) is 5.55. The number of ether oxygens (including phenoxy) is 2. The summed E-state index contributed by atoms with van der Waals surface area (Å²) in [7, 11) is 0. The average Bonchev–Trinajstić information content (AvgIpc) is 2.90. The van der Waals surface area contributed by atoms with Gasteiger partial charge in [0.05, 0.1) is 31.6 Å². The number of nitrogens with two attached hydrogens (primary N) is 2. The molecule has 0 saturated heterocycles. The zero-order valence-electron chi connectivity index (χ0n) is 21.6. The number of carbonyl (C=O) groups is 3.